The highest BCUT2D eigenvalue weighted by Crippen LogP contribution is 2.37. The summed E-state index contributed by atoms with van der Waals surface area (Å²) in [5, 5.41) is 0.879. The third-order valence-corrected chi connectivity index (χ3v) is 5.71. The van der Waals surface area contributed by atoms with Gasteiger partial charge in [0.2, 0.25) is 0 Å². The number of thiazole rings is 1. The van der Waals surface area contributed by atoms with Crippen LogP contribution in [0.25, 0.3) is 10.2 Å². The molecule has 1 saturated heterocycles. The van der Waals surface area contributed by atoms with Crippen molar-refractivity contribution in [2.75, 3.05) is 6.54 Å². The predicted molar refractivity (Wildman–Crippen MR) is 94.1 cm³/mol. The van der Waals surface area contributed by atoms with E-state index in [4.69, 9.17) is 0 Å². The summed E-state index contributed by atoms with van der Waals surface area (Å²) in [6.45, 7) is 0.584. The smallest absolute Gasteiger partial charge is 0.329 e. The van der Waals surface area contributed by atoms with Crippen LogP contribution in [0.3, 0.4) is 0 Å². The van der Waals surface area contributed by atoms with Gasteiger partial charge in [0.05, 0.1) is 21.8 Å². The fourth-order valence-electron chi connectivity index (χ4n) is 3.27. The van der Waals surface area contributed by atoms with Crippen LogP contribution in [0.1, 0.15) is 39.8 Å². The summed E-state index contributed by atoms with van der Waals surface area (Å²) in [6.07, 6.45) is -2.74. The first-order chi connectivity index (χ1) is 12.4. The lowest BCUT2D eigenvalue weighted by molar-refractivity contribution is -0.137. The van der Waals surface area contributed by atoms with Crippen molar-refractivity contribution in [3.8, 4) is 0 Å². The molecule has 1 aromatic heterocycles. The highest BCUT2D eigenvalue weighted by Gasteiger charge is 2.34. The number of amides is 1. The van der Waals surface area contributed by atoms with Gasteiger partial charge in [0.1, 0.15) is 5.01 Å². The number of rotatable bonds is 2. The first-order valence-corrected chi connectivity index (χ1v) is 9.09. The van der Waals surface area contributed by atoms with Crippen molar-refractivity contribution in [1.29, 1.82) is 0 Å². The molecule has 1 fully saturated rings. The average Bonchev–Trinajstić information content (AvgIpc) is 3.26. The molecule has 7 heteroatoms. The Kier molecular flexibility index (Phi) is 4.19. The number of benzene rings is 2. The Hall–Kier alpha value is -2.41. The van der Waals surface area contributed by atoms with Gasteiger partial charge in [-0.2, -0.15) is 13.2 Å². The van der Waals surface area contributed by atoms with E-state index >= 15 is 0 Å². The van der Waals surface area contributed by atoms with E-state index < -0.39 is 11.7 Å². The van der Waals surface area contributed by atoms with Crippen LogP contribution in [0.5, 0.6) is 0 Å². The van der Waals surface area contributed by atoms with Gasteiger partial charge in [-0.1, -0.05) is 12.1 Å². The SMILES string of the molecule is O=C(c1ccc(C(F)(F)F)cc1)N1CCCC1c1nc2ccccc2s1. The van der Waals surface area contributed by atoms with Crippen LogP contribution in [0.15, 0.2) is 48.5 Å². The third kappa shape index (κ3) is 3.07. The third-order valence-electron chi connectivity index (χ3n) is 4.57. The molecule has 0 N–H and O–H groups in total. The van der Waals surface area contributed by atoms with E-state index in [2.05, 4.69) is 4.98 Å². The monoisotopic (exact) mass is 376 g/mol. The fourth-order valence-corrected chi connectivity index (χ4v) is 4.38. The molecule has 0 saturated carbocycles. The lowest BCUT2D eigenvalue weighted by Gasteiger charge is -2.23. The van der Waals surface area contributed by atoms with E-state index in [1.165, 1.54) is 12.1 Å². The first-order valence-electron chi connectivity index (χ1n) is 8.27. The molecule has 0 radical (unpaired) electrons. The second kappa shape index (κ2) is 6.39. The van der Waals surface area contributed by atoms with Crippen LogP contribution >= 0.6 is 11.3 Å². The lowest BCUT2D eigenvalue weighted by Crippen LogP contribution is -2.30. The molecule has 1 aliphatic heterocycles. The Balaban J connectivity index is 1.60. The molecular formula is C19H15F3N2OS. The summed E-state index contributed by atoms with van der Waals surface area (Å²) >= 11 is 1.56. The van der Waals surface area contributed by atoms with Crippen LogP contribution in [0, 0.1) is 0 Å². The van der Waals surface area contributed by atoms with E-state index in [1.807, 2.05) is 24.3 Å². The topological polar surface area (TPSA) is 33.2 Å². The van der Waals surface area contributed by atoms with Gasteiger partial charge in [0.25, 0.3) is 5.91 Å². The highest BCUT2D eigenvalue weighted by molar-refractivity contribution is 7.18. The minimum absolute atomic E-state index is 0.123. The lowest BCUT2D eigenvalue weighted by atomic mass is 10.1. The number of halogens is 3. The molecule has 1 amide bonds. The molecule has 1 aliphatic rings. The summed E-state index contributed by atoms with van der Waals surface area (Å²) in [5.74, 6) is -0.250. The van der Waals surface area contributed by atoms with Crippen LogP contribution in [-0.2, 0) is 6.18 Å². The largest absolute Gasteiger partial charge is 0.416 e. The molecule has 1 unspecified atom stereocenters. The van der Waals surface area contributed by atoms with Gasteiger partial charge in [-0.3, -0.25) is 4.79 Å². The van der Waals surface area contributed by atoms with E-state index in [0.717, 1.165) is 40.2 Å². The highest BCUT2D eigenvalue weighted by atomic mass is 32.1. The number of nitrogens with zero attached hydrogens (tertiary/aromatic N) is 2. The molecule has 26 heavy (non-hydrogen) atoms. The van der Waals surface area contributed by atoms with Crippen LogP contribution in [0.2, 0.25) is 0 Å². The molecule has 3 aromatic rings. The van der Waals surface area contributed by atoms with E-state index in [-0.39, 0.29) is 17.5 Å². The zero-order valence-electron chi connectivity index (χ0n) is 13.7. The number of carbonyl (C=O) groups is 1. The number of fused-ring (bicyclic) bond motifs is 1. The van der Waals surface area contributed by atoms with Crippen molar-refractivity contribution in [2.24, 2.45) is 0 Å². The maximum atomic E-state index is 12.8. The van der Waals surface area contributed by atoms with E-state index in [0.29, 0.717) is 6.54 Å². The zero-order chi connectivity index (χ0) is 18.3. The Morgan fingerprint density at radius 2 is 1.85 bits per heavy atom. The van der Waals surface area contributed by atoms with Crippen molar-refractivity contribution >= 4 is 27.5 Å². The maximum Gasteiger partial charge on any atom is 0.416 e. The van der Waals surface area contributed by atoms with Gasteiger partial charge in [0.15, 0.2) is 0 Å². The molecule has 0 bridgehead atoms. The second-order valence-electron chi connectivity index (χ2n) is 6.25. The second-order valence-corrected chi connectivity index (χ2v) is 7.31. The molecule has 1 atom stereocenters. The normalized spacial score (nSPS) is 17.8. The number of likely N-dealkylation sites (tertiary alicyclic amines) is 1. The maximum absolute atomic E-state index is 12.8. The minimum Gasteiger partial charge on any atom is -0.329 e. The zero-order valence-corrected chi connectivity index (χ0v) is 14.5. The quantitative estimate of drug-likeness (QED) is 0.609. The summed E-state index contributed by atoms with van der Waals surface area (Å²) in [6, 6.07) is 12.1. The average molecular weight is 376 g/mol. The van der Waals surface area contributed by atoms with Crippen LogP contribution in [0.4, 0.5) is 13.2 Å². The molecule has 4 rings (SSSR count). The molecule has 3 nitrogen and oxygen atoms in total. The van der Waals surface area contributed by atoms with Crippen LogP contribution < -0.4 is 0 Å². The Bertz CT molecular complexity index is 916. The fraction of sp³-hybridized carbons (Fsp3) is 0.263. The Labute approximate surface area is 152 Å². The molecule has 134 valence electrons. The number of carbonyl (C=O) groups excluding carboxylic acids is 1. The van der Waals surface area contributed by atoms with Crippen molar-refractivity contribution in [3.05, 3.63) is 64.7 Å². The Morgan fingerprint density at radius 1 is 1.12 bits per heavy atom. The molecule has 2 aromatic carbocycles. The predicted octanol–water partition coefficient (Wildman–Crippen LogP) is 5.29. The number of hydrogen-bond donors (Lipinski definition) is 0. The standard InChI is InChI=1S/C19H15F3N2OS/c20-19(21,22)13-9-7-12(8-10-13)18(25)24-11-3-5-15(24)17-23-14-4-1-2-6-16(14)26-17/h1-2,4,6-10,15H,3,5,11H2. The van der Waals surface area contributed by atoms with Crippen molar-refractivity contribution < 1.29 is 18.0 Å². The van der Waals surface area contributed by atoms with Crippen LogP contribution in [-0.4, -0.2) is 22.3 Å². The number of alkyl halides is 3. The van der Waals surface area contributed by atoms with Crippen molar-refractivity contribution in [1.82, 2.24) is 9.88 Å². The van der Waals surface area contributed by atoms with Gasteiger partial charge in [0, 0.05) is 12.1 Å². The number of aromatic nitrogens is 1. The summed E-state index contributed by atoms with van der Waals surface area (Å²) < 4.78 is 39.2. The molecule has 0 aliphatic carbocycles. The van der Waals surface area contributed by atoms with Gasteiger partial charge >= 0.3 is 6.18 Å². The van der Waals surface area contributed by atoms with E-state index in [1.54, 1.807) is 16.2 Å². The van der Waals surface area contributed by atoms with Gasteiger partial charge in [-0.15, -0.1) is 11.3 Å². The summed E-state index contributed by atoms with van der Waals surface area (Å²) in [7, 11) is 0. The molecule has 0 spiro atoms. The van der Waals surface area contributed by atoms with E-state index in [9.17, 15) is 18.0 Å². The summed E-state index contributed by atoms with van der Waals surface area (Å²) in [5.41, 5.74) is 0.422. The first kappa shape index (κ1) is 17.0. The minimum atomic E-state index is -4.40. The summed E-state index contributed by atoms with van der Waals surface area (Å²) in [4.78, 5) is 19.2. The van der Waals surface area contributed by atoms with Crippen molar-refractivity contribution in [2.45, 2.75) is 25.1 Å². The van der Waals surface area contributed by atoms with Gasteiger partial charge in [-0.05, 0) is 49.2 Å². The Morgan fingerprint density at radius 3 is 2.54 bits per heavy atom. The number of para-hydroxylation sites is 1. The van der Waals surface area contributed by atoms with Gasteiger partial charge in [-0.25, -0.2) is 4.98 Å². The molecular weight excluding hydrogens is 361 g/mol. The van der Waals surface area contributed by atoms with Gasteiger partial charge < -0.3 is 4.90 Å². The van der Waals surface area contributed by atoms with Crippen molar-refractivity contribution in [3.63, 3.8) is 0 Å². The molecule has 2 heterocycles. The number of hydrogen-bond acceptors (Lipinski definition) is 3.